The highest BCUT2D eigenvalue weighted by molar-refractivity contribution is 5.08. The van der Waals surface area contributed by atoms with E-state index in [9.17, 15) is 5.11 Å². The van der Waals surface area contributed by atoms with Gasteiger partial charge in [-0.1, -0.05) is 64.7 Å². The Morgan fingerprint density at radius 2 is 1.52 bits per heavy atom. The molecule has 0 aliphatic heterocycles. The predicted octanol–water partition coefficient (Wildman–Crippen LogP) is 4.04. The van der Waals surface area contributed by atoms with Crippen LogP contribution in [0.25, 0.3) is 0 Å². The van der Waals surface area contributed by atoms with E-state index in [1.807, 2.05) is 4.57 Å². The fourth-order valence-electron chi connectivity index (χ4n) is 2.71. The van der Waals surface area contributed by atoms with E-state index in [2.05, 4.69) is 11.9 Å². The van der Waals surface area contributed by atoms with Crippen molar-refractivity contribution in [1.82, 2.24) is 9.55 Å². The van der Waals surface area contributed by atoms with Gasteiger partial charge in [0.15, 0.2) is 0 Å². The van der Waals surface area contributed by atoms with Crippen molar-refractivity contribution < 1.29 is 10.2 Å². The molecule has 0 saturated heterocycles. The van der Waals surface area contributed by atoms with E-state index in [-0.39, 0.29) is 12.5 Å². The summed E-state index contributed by atoms with van der Waals surface area (Å²) >= 11 is 0. The average Bonchev–Trinajstić information content (AvgIpc) is 2.81. The molecule has 1 heterocycles. The largest absolute Gasteiger partial charge is 0.492 e. The SMILES string of the molecule is CCCCCCCCCCCCc1nc(O)cn1CCO. The van der Waals surface area contributed by atoms with Crippen molar-refractivity contribution in [2.75, 3.05) is 6.61 Å². The number of aromatic nitrogens is 2. The van der Waals surface area contributed by atoms with E-state index in [4.69, 9.17) is 5.11 Å². The van der Waals surface area contributed by atoms with Crippen LogP contribution in [0.4, 0.5) is 0 Å². The van der Waals surface area contributed by atoms with Gasteiger partial charge in [0.25, 0.3) is 0 Å². The molecule has 4 nitrogen and oxygen atoms in total. The van der Waals surface area contributed by atoms with Crippen LogP contribution in [-0.2, 0) is 13.0 Å². The number of aryl methyl sites for hydroxylation is 1. The van der Waals surface area contributed by atoms with E-state index in [0.29, 0.717) is 6.54 Å². The zero-order valence-electron chi connectivity index (χ0n) is 13.6. The molecule has 1 rings (SSSR count). The van der Waals surface area contributed by atoms with Crippen molar-refractivity contribution in [3.05, 3.63) is 12.0 Å². The van der Waals surface area contributed by atoms with Crippen molar-refractivity contribution >= 4 is 0 Å². The molecule has 0 aromatic carbocycles. The van der Waals surface area contributed by atoms with Crippen molar-refractivity contribution in [1.29, 1.82) is 0 Å². The minimum absolute atomic E-state index is 0.0607. The van der Waals surface area contributed by atoms with Gasteiger partial charge in [-0.15, -0.1) is 0 Å². The second-order valence-electron chi connectivity index (χ2n) is 5.86. The fraction of sp³-hybridized carbons (Fsp3) is 0.824. The standard InChI is InChI=1S/C17H32N2O2/c1-2-3-4-5-6-7-8-9-10-11-12-16-18-17(21)15-19(16)13-14-20/h15,20-21H,2-14H2,1H3. The highest BCUT2D eigenvalue weighted by Crippen LogP contribution is 2.14. The first-order valence-corrected chi connectivity index (χ1v) is 8.63. The summed E-state index contributed by atoms with van der Waals surface area (Å²) in [5.41, 5.74) is 0. The number of unbranched alkanes of at least 4 members (excludes halogenated alkanes) is 9. The predicted molar refractivity (Wildman–Crippen MR) is 86.5 cm³/mol. The molecule has 0 bridgehead atoms. The monoisotopic (exact) mass is 296 g/mol. The second kappa shape index (κ2) is 11.6. The number of aromatic hydroxyl groups is 1. The molecule has 0 amide bonds. The molecule has 0 aliphatic rings. The Morgan fingerprint density at radius 1 is 0.952 bits per heavy atom. The molecule has 0 atom stereocenters. The zero-order valence-corrected chi connectivity index (χ0v) is 13.6. The third-order valence-corrected chi connectivity index (χ3v) is 3.94. The molecule has 0 saturated carbocycles. The molecule has 0 unspecified atom stereocenters. The Morgan fingerprint density at radius 3 is 2.10 bits per heavy atom. The number of aliphatic hydroxyl groups is 1. The van der Waals surface area contributed by atoms with Crippen LogP contribution in [0.2, 0.25) is 0 Å². The van der Waals surface area contributed by atoms with Crippen molar-refractivity contribution in [2.45, 2.75) is 84.1 Å². The summed E-state index contributed by atoms with van der Waals surface area (Å²) in [6.07, 6.45) is 15.7. The summed E-state index contributed by atoms with van der Waals surface area (Å²) in [4.78, 5) is 4.11. The Labute approximate surface area is 129 Å². The maximum Gasteiger partial charge on any atom is 0.229 e. The van der Waals surface area contributed by atoms with Crippen molar-refractivity contribution in [2.24, 2.45) is 0 Å². The molecule has 2 N–H and O–H groups in total. The Bertz CT molecular complexity index is 364. The first kappa shape index (κ1) is 18.0. The summed E-state index contributed by atoms with van der Waals surface area (Å²) in [6.45, 7) is 2.85. The average molecular weight is 296 g/mol. The number of hydrogen-bond donors (Lipinski definition) is 2. The second-order valence-corrected chi connectivity index (χ2v) is 5.86. The summed E-state index contributed by atoms with van der Waals surface area (Å²) < 4.78 is 1.85. The molecule has 1 aromatic rings. The number of imidazole rings is 1. The molecule has 0 fully saturated rings. The van der Waals surface area contributed by atoms with Crippen LogP contribution in [0, 0.1) is 0 Å². The highest BCUT2D eigenvalue weighted by Gasteiger charge is 2.06. The van der Waals surface area contributed by atoms with Crippen LogP contribution in [0.3, 0.4) is 0 Å². The van der Waals surface area contributed by atoms with Gasteiger partial charge in [-0.2, -0.15) is 4.98 Å². The summed E-state index contributed by atoms with van der Waals surface area (Å²) in [7, 11) is 0. The molecule has 4 heteroatoms. The maximum absolute atomic E-state index is 9.41. The van der Waals surface area contributed by atoms with Gasteiger partial charge in [0.05, 0.1) is 12.8 Å². The van der Waals surface area contributed by atoms with Gasteiger partial charge in [0.2, 0.25) is 5.88 Å². The normalized spacial score (nSPS) is 11.1. The van der Waals surface area contributed by atoms with Gasteiger partial charge in [-0.3, -0.25) is 0 Å². The first-order valence-electron chi connectivity index (χ1n) is 8.63. The molecule has 0 radical (unpaired) electrons. The highest BCUT2D eigenvalue weighted by atomic mass is 16.3. The van der Waals surface area contributed by atoms with E-state index in [0.717, 1.165) is 18.7 Å². The smallest absolute Gasteiger partial charge is 0.229 e. The van der Waals surface area contributed by atoms with Crippen LogP contribution in [-0.4, -0.2) is 26.4 Å². The number of hydrogen-bond acceptors (Lipinski definition) is 3. The number of nitrogens with zero attached hydrogens (tertiary/aromatic N) is 2. The summed E-state index contributed by atoms with van der Waals surface area (Å²) in [5.74, 6) is 0.951. The number of aliphatic hydroxyl groups excluding tert-OH is 1. The lowest BCUT2D eigenvalue weighted by Gasteiger charge is -2.05. The summed E-state index contributed by atoms with van der Waals surface area (Å²) in [6, 6.07) is 0. The van der Waals surface area contributed by atoms with Gasteiger partial charge in [0.1, 0.15) is 5.82 Å². The maximum atomic E-state index is 9.41. The third kappa shape index (κ3) is 8.10. The van der Waals surface area contributed by atoms with E-state index in [1.54, 1.807) is 6.20 Å². The third-order valence-electron chi connectivity index (χ3n) is 3.94. The minimum atomic E-state index is 0.0607. The molecular weight excluding hydrogens is 264 g/mol. The molecule has 0 spiro atoms. The molecule has 1 aromatic heterocycles. The first-order chi connectivity index (χ1) is 10.3. The lowest BCUT2D eigenvalue weighted by Crippen LogP contribution is -2.06. The Kier molecular flexibility index (Phi) is 9.96. The molecule has 0 aliphatic carbocycles. The van der Waals surface area contributed by atoms with Crippen LogP contribution < -0.4 is 0 Å². The van der Waals surface area contributed by atoms with Crippen molar-refractivity contribution in [3.63, 3.8) is 0 Å². The lowest BCUT2D eigenvalue weighted by molar-refractivity contribution is 0.274. The van der Waals surface area contributed by atoms with Crippen molar-refractivity contribution in [3.8, 4) is 5.88 Å². The van der Waals surface area contributed by atoms with Crippen LogP contribution in [0.5, 0.6) is 5.88 Å². The van der Waals surface area contributed by atoms with E-state index in [1.165, 1.54) is 57.8 Å². The van der Waals surface area contributed by atoms with E-state index >= 15 is 0 Å². The Hall–Kier alpha value is -1.03. The van der Waals surface area contributed by atoms with Crippen LogP contribution >= 0.6 is 0 Å². The molecule has 21 heavy (non-hydrogen) atoms. The topological polar surface area (TPSA) is 58.3 Å². The molecular formula is C17H32N2O2. The zero-order chi connectivity index (χ0) is 15.3. The Balaban J connectivity index is 2.01. The lowest BCUT2D eigenvalue weighted by atomic mass is 10.1. The molecule has 122 valence electrons. The number of rotatable bonds is 13. The van der Waals surface area contributed by atoms with Crippen LogP contribution in [0.15, 0.2) is 6.20 Å². The van der Waals surface area contributed by atoms with Gasteiger partial charge in [-0.05, 0) is 6.42 Å². The van der Waals surface area contributed by atoms with Gasteiger partial charge < -0.3 is 14.8 Å². The van der Waals surface area contributed by atoms with Crippen LogP contribution in [0.1, 0.15) is 77.0 Å². The quantitative estimate of drug-likeness (QED) is 0.540. The van der Waals surface area contributed by atoms with E-state index < -0.39 is 0 Å². The fourth-order valence-corrected chi connectivity index (χ4v) is 2.71. The van der Waals surface area contributed by atoms with Gasteiger partial charge in [0, 0.05) is 13.0 Å². The van der Waals surface area contributed by atoms with Gasteiger partial charge >= 0.3 is 0 Å². The van der Waals surface area contributed by atoms with Gasteiger partial charge in [-0.25, -0.2) is 0 Å². The minimum Gasteiger partial charge on any atom is -0.492 e. The summed E-state index contributed by atoms with van der Waals surface area (Å²) in [5, 5.41) is 18.4.